The second-order valence-corrected chi connectivity index (χ2v) is 12.6. The number of halogens is 1. The molecule has 42 heavy (non-hydrogen) atoms. The molecule has 0 aliphatic carbocycles. The number of rotatable bonds is 7. The summed E-state index contributed by atoms with van der Waals surface area (Å²) >= 11 is 6.39. The summed E-state index contributed by atoms with van der Waals surface area (Å²) in [4.78, 5) is 12.1. The molecule has 0 saturated heterocycles. The van der Waals surface area contributed by atoms with Crippen molar-refractivity contribution in [1.82, 2.24) is 9.97 Å². The number of nitrogens with one attached hydrogen (secondary N) is 1. The van der Waals surface area contributed by atoms with Crippen molar-refractivity contribution >= 4 is 55.6 Å². The molecule has 0 radical (unpaired) electrons. The number of aromatic nitrogens is 2. The van der Waals surface area contributed by atoms with Gasteiger partial charge in [-0.3, -0.25) is 4.72 Å². The first-order valence-corrected chi connectivity index (χ1v) is 15.7. The number of sulfonamides is 1. The van der Waals surface area contributed by atoms with Gasteiger partial charge in [0.1, 0.15) is 0 Å². The first-order chi connectivity index (χ1) is 20.1. The molecule has 6 rings (SSSR count). The minimum absolute atomic E-state index is 0.184. The molecule has 0 amide bonds. The zero-order chi connectivity index (χ0) is 29.4. The van der Waals surface area contributed by atoms with Crippen LogP contribution in [0.5, 0.6) is 0 Å². The Labute approximate surface area is 250 Å². The molecule has 10 heteroatoms. The Balaban J connectivity index is 1.50. The molecule has 5 aromatic rings. The van der Waals surface area contributed by atoms with Gasteiger partial charge in [0.15, 0.2) is 0 Å². The van der Waals surface area contributed by atoms with Crippen molar-refractivity contribution in [3.8, 4) is 11.3 Å². The molecular weight excluding hydrogens is 568 g/mol. The van der Waals surface area contributed by atoms with Crippen molar-refractivity contribution in [3.63, 3.8) is 0 Å². The molecule has 1 aromatic heterocycles. The van der Waals surface area contributed by atoms with Gasteiger partial charge in [0, 0.05) is 47.9 Å². The predicted octanol–water partition coefficient (Wildman–Crippen LogP) is 6.74. The molecule has 1 aliphatic heterocycles. The van der Waals surface area contributed by atoms with Gasteiger partial charge < -0.3 is 4.90 Å². The van der Waals surface area contributed by atoms with Crippen LogP contribution >= 0.6 is 11.6 Å². The van der Waals surface area contributed by atoms with Crippen molar-refractivity contribution in [2.75, 3.05) is 35.0 Å². The summed E-state index contributed by atoms with van der Waals surface area (Å²) < 4.78 is 26.3. The maximum absolute atomic E-state index is 11.9. The largest absolute Gasteiger partial charge is 0.378 e. The van der Waals surface area contributed by atoms with E-state index in [-0.39, 0.29) is 6.04 Å². The highest BCUT2D eigenvalue weighted by Gasteiger charge is 2.32. The van der Waals surface area contributed by atoms with Gasteiger partial charge in [-0.05, 0) is 53.6 Å². The smallest absolute Gasteiger partial charge is 0.247 e. The number of hydrazone groups is 1. The van der Waals surface area contributed by atoms with E-state index in [4.69, 9.17) is 26.7 Å². The maximum Gasteiger partial charge on any atom is 0.247 e. The minimum atomic E-state index is -3.42. The third kappa shape index (κ3) is 5.79. The molecule has 0 spiro atoms. The lowest BCUT2D eigenvalue weighted by molar-refractivity contribution is 0.607. The summed E-state index contributed by atoms with van der Waals surface area (Å²) in [5, 5.41) is 8.39. The van der Waals surface area contributed by atoms with Crippen LogP contribution in [0.25, 0.3) is 22.2 Å². The molecule has 1 aliphatic rings. The van der Waals surface area contributed by atoms with E-state index in [0.717, 1.165) is 50.9 Å². The highest BCUT2D eigenvalue weighted by atomic mass is 35.5. The van der Waals surface area contributed by atoms with E-state index >= 15 is 0 Å². The molecule has 1 N–H and O–H groups in total. The average molecular weight is 597 g/mol. The van der Waals surface area contributed by atoms with Crippen LogP contribution in [0.15, 0.2) is 102 Å². The fourth-order valence-corrected chi connectivity index (χ4v) is 5.83. The number of anilines is 3. The number of nitrogens with zero attached hydrogens (tertiary/aromatic N) is 5. The van der Waals surface area contributed by atoms with Crippen LogP contribution in [-0.4, -0.2) is 44.4 Å². The Morgan fingerprint density at radius 2 is 1.62 bits per heavy atom. The van der Waals surface area contributed by atoms with Crippen molar-refractivity contribution in [2.45, 2.75) is 12.5 Å². The van der Waals surface area contributed by atoms with Crippen molar-refractivity contribution in [1.29, 1.82) is 0 Å². The maximum atomic E-state index is 11.9. The summed E-state index contributed by atoms with van der Waals surface area (Å²) in [5.41, 5.74) is 6.72. The van der Waals surface area contributed by atoms with E-state index in [1.54, 1.807) is 12.1 Å². The highest BCUT2D eigenvalue weighted by Crippen LogP contribution is 2.38. The summed E-state index contributed by atoms with van der Waals surface area (Å²) in [6, 6.07) is 31.0. The van der Waals surface area contributed by atoms with Crippen LogP contribution < -0.4 is 14.6 Å². The summed E-state index contributed by atoms with van der Waals surface area (Å²) in [6.07, 6.45) is 1.71. The van der Waals surface area contributed by atoms with Gasteiger partial charge in [0.05, 0.1) is 29.2 Å². The summed E-state index contributed by atoms with van der Waals surface area (Å²) in [7, 11) is 0.595. The zero-order valence-corrected chi connectivity index (χ0v) is 24.9. The van der Waals surface area contributed by atoms with Crippen LogP contribution in [-0.2, 0) is 10.0 Å². The van der Waals surface area contributed by atoms with E-state index in [1.165, 1.54) is 0 Å². The number of benzene rings is 4. The first-order valence-electron chi connectivity index (χ1n) is 13.4. The molecule has 0 saturated carbocycles. The normalized spacial score (nSPS) is 15.1. The van der Waals surface area contributed by atoms with Crippen LogP contribution in [0, 0.1) is 0 Å². The molecule has 1 atom stereocenters. The molecular formula is C32H29ClN6O2S. The van der Waals surface area contributed by atoms with Gasteiger partial charge in [-0.25, -0.2) is 23.4 Å². The molecule has 0 bridgehead atoms. The van der Waals surface area contributed by atoms with Crippen LogP contribution in [0.2, 0.25) is 5.02 Å². The zero-order valence-electron chi connectivity index (χ0n) is 23.4. The Bertz CT molecular complexity index is 1910. The highest BCUT2D eigenvalue weighted by molar-refractivity contribution is 7.92. The van der Waals surface area contributed by atoms with Crippen LogP contribution in [0.1, 0.15) is 23.6 Å². The second kappa shape index (κ2) is 11.1. The van der Waals surface area contributed by atoms with Gasteiger partial charge in [0.25, 0.3) is 0 Å². The Morgan fingerprint density at radius 3 is 2.33 bits per heavy atom. The van der Waals surface area contributed by atoms with Crippen molar-refractivity contribution in [2.24, 2.45) is 5.10 Å². The second-order valence-electron chi connectivity index (χ2n) is 10.5. The Hall–Kier alpha value is -4.47. The van der Waals surface area contributed by atoms with Gasteiger partial charge in [-0.1, -0.05) is 66.2 Å². The van der Waals surface area contributed by atoms with E-state index in [0.29, 0.717) is 23.1 Å². The Kier molecular flexibility index (Phi) is 7.30. The fourth-order valence-electron chi connectivity index (χ4n) is 5.11. The van der Waals surface area contributed by atoms with E-state index in [1.807, 2.05) is 79.8 Å². The lowest BCUT2D eigenvalue weighted by Gasteiger charge is -2.23. The monoisotopic (exact) mass is 596 g/mol. The molecule has 2 heterocycles. The number of hydrogen-bond acceptors (Lipinski definition) is 7. The quantitative estimate of drug-likeness (QED) is 0.224. The van der Waals surface area contributed by atoms with Crippen molar-refractivity contribution in [3.05, 3.63) is 113 Å². The standard InChI is InChI=1S/C32H29ClN6O2S/c1-38(2)26-15-12-21(13-16-26)30-20-29(23-10-7-11-25(18-23)37-42(3,40)41)36-39(30)32-34-28-17-14-24(33)19-27(28)31(35-32)22-8-5-4-6-9-22/h4-19,30,37H,20H2,1-3H3/t30-/m1/s1. The average Bonchev–Trinajstić information content (AvgIpc) is 3.42. The summed E-state index contributed by atoms with van der Waals surface area (Å²) in [5.74, 6) is 0.464. The third-order valence-electron chi connectivity index (χ3n) is 7.10. The van der Waals surface area contributed by atoms with Gasteiger partial charge in [-0.15, -0.1) is 0 Å². The van der Waals surface area contributed by atoms with E-state index < -0.39 is 10.0 Å². The topological polar surface area (TPSA) is 90.8 Å². The Morgan fingerprint density at radius 1 is 0.881 bits per heavy atom. The minimum Gasteiger partial charge on any atom is -0.378 e. The number of fused-ring (bicyclic) bond motifs is 1. The molecule has 8 nitrogen and oxygen atoms in total. The molecule has 0 fully saturated rings. The van der Waals surface area contributed by atoms with E-state index in [9.17, 15) is 8.42 Å². The SMILES string of the molecule is CN(C)c1ccc([C@H]2CC(c3cccc(NS(C)(=O)=O)c3)=NN2c2nc(-c3ccccc3)c3cc(Cl)ccc3n2)cc1. The lowest BCUT2D eigenvalue weighted by atomic mass is 9.98. The van der Waals surface area contributed by atoms with E-state index in [2.05, 4.69) is 33.9 Å². The van der Waals surface area contributed by atoms with Gasteiger partial charge in [-0.2, -0.15) is 5.10 Å². The van der Waals surface area contributed by atoms with Crippen molar-refractivity contribution < 1.29 is 8.42 Å². The lowest BCUT2D eigenvalue weighted by Crippen LogP contribution is -2.21. The molecule has 4 aromatic carbocycles. The third-order valence-corrected chi connectivity index (χ3v) is 7.94. The van der Waals surface area contributed by atoms with Crippen LogP contribution in [0.3, 0.4) is 0 Å². The fraction of sp³-hybridized carbons (Fsp3) is 0.156. The summed E-state index contributed by atoms with van der Waals surface area (Å²) in [6.45, 7) is 0. The molecule has 0 unspecified atom stereocenters. The van der Waals surface area contributed by atoms with Gasteiger partial charge in [0.2, 0.25) is 16.0 Å². The number of hydrogen-bond donors (Lipinski definition) is 1. The first kappa shape index (κ1) is 27.7. The van der Waals surface area contributed by atoms with Gasteiger partial charge >= 0.3 is 0 Å². The predicted molar refractivity (Wildman–Crippen MR) is 172 cm³/mol. The van der Waals surface area contributed by atoms with Crippen LogP contribution in [0.4, 0.5) is 17.3 Å². The molecule has 212 valence electrons.